The molecule has 2 aliphatic rings. The summed E-state index contributed by atoms with van der Waals surface area (Å²) in [6, 6.07) is 9.48. The van der Waals surface area contributed by atoms with Gasteiger partial charge in [0.05, 0.1) is 13.1 Å². The van der Waals surface area contributed by atoms with Crippen LogP contribution in [0.5, 0.6) is 0 Å². The van der Waals surface area contributed by atoms with E-state index in [0.717, 1.165) is 31.2 Å². The molecule has 26 heavy (non-hydrogen) atoms. The molecule has 2 fully saturated rings. The van der Waals surface area contributed by atoms with E-state index in [0.29, 0.717) is 26.2 Å². The summed E-state index contributed by atoms with van der Waals surface area (Å²) in [7, 11) is 0. The van der Waals surface area contributed by atoms with Crippen LogP contribution in [0.3, 0.4) is 0 Å². The predicted octanol–water partition coefficient (Wildman–Crippen LogP) is 1.61. The molecule has 1 aromatic carbocycles. The maximum absolute atomic E-state index is 12.1. The zero-order valence-electron chi connectivity index (χ0n) is 14.9. The summed E-state index contributed by atoms with van der Waals surface area (Å²) in [5, 5.41) is 6.14. The Morgan fingerprint density at radius 1 is 1.00 bits per heavy atom. The number of para-hydroxylation sites is 1. The fraction of sp³-hybridized carbons (Fsp3) is 0.556. The number of nitrogens with one attached hydrogen (secondary N) is 2. The van der Waals surface area contributed by atoms with Gasteiger partial charge in [0.2, 0.25) is 11.8 Å². The minimum atomic E-state index is -0.00734. The van der Waals surface area contributed by atoms with Crippen LogP contribution in [0.1, 0.15) is 12.8 Å². The number of carbonyl (C=O) groups excluding carboxylic acids is 2. The third-order valence-corrected chi connectivity index (χ3v) is 4.56. The van der Waals surface area contributed by atoms with Gasteiger partial charge in [-0.2, -0.15) is 0 Å². The molecule has 1 aliphatic carbocycles. The summed E-state index contributed by atoms with van der Waals surface area (Å²) in [4.78, 5) is 28.2. The Morgan fingerprint density at radius 3 is 2.27 bits per heavy atom. The van der Waals surface area contributed by atoms with E-state index in [1.54, 1.807) is 0 Å². The van der Waals surface area contributed by atoms with Gasteiger partial charge in [-0.1, -0.05) is 18.2 Å². The van der Waals surface area contributed by atoms with Crippen LogP contribution in [0.4, 0.5) is 5.69 Å². The highest BCUT2D eigenvalue weighted by Gasteiger charge is 2.24. The van der Waals surface area contributed by atoms with Crippen LogP contribution in [0, 0.1) is 5.92 Å². The highest BCUT2D eigenvalue weighted by molar-refractivity contribution is 5.92. The van der Waals surface area contributed by atoms with Crippen molar-refractivity contribution in [3.05, 3.63) is 30.3 Å². The predicted molar refractivity (Wildman–Crippen MR) is 108 cm³/mol. The zero-order valence-corrected chi connectivity index (χ0v) is 16.5. The normalized spacial score (nSPS) is 17.0. The van der Waals surface area contributed by atoms with E-state index in [1.165, 1.54) is 12.8 Å². The molecule has 146 valence electrons. The van der Waals surface area contributed by atoms with Crippen molar-refractivity contribution in [3.8, 4) is 0 Å². The van der Waals surface area contributed by atoms with Crippen LogP contribution in [0.2, 0.25) is 0 Å². The van der Waals surface area contributed by atoms with Gasteiger partial charge in [-0.05, 0) is 37.4 Å². The number of rotatable bonds is 7. The number of hydrogen-bond acceptors (Lipinski definition) is 4. The summed E-state index contributed by atoms with van der Waals surface area (Å²) < 4.78 is 0. The number of nitrogens with zero attached hydrogens (tertiary/aromatic N) is 2. The molecule has 1 saturated heterocycles. The van der Waals surface area contributed by atoms with Crippen molar-refractivity contribution in [1.29, 1.82) is 0 Å². The molecule has 0 bridgehead atoms. The molecule has 0 unspecified atom stereocenters. The average molecular weight is 403 g/mol. The number of halogens is 2. The SMILES string of the molecule is Cl.Cl.O=C(CN1CCN(C(=O)CNCC2CC2)CC1)Nc1ccccc1. The third-order valence-electron chi connectivity index (χ3n) is 4.56. The summed E-state index contributed by atoms with van der Waals surface area (Å²) in [5.41, 5.74) is 0.818. The Morgan fingerprint density at radius 2 is 1.65 bits per heavy atom. The van der Waals surface area contributed by atoms with Gasteiger partial charge < -0.3 is 15.5 Å². The van der Waals surface area contributed by atoms with Crippen LogP contribution >= 0.6 is 24.8 Å². The van der Waals surface area contributed by atoms with Gasteiger partial charge in [-0.3, -0.25) is 14.5 Å². The van der Waals surface area contributed by atoms with Crippen LogP contribution in [0.15, 0.2) is 30.3 Å². The maximum atomic E-state index is 12.1. The Labute approximate surface area is 167 Å². The summed E-state index contributed by atoms with van der Waals surface area (Å²) in [6.07, 6.45) is 2.59. The minimum Gasteiger partial charge on any atom is -0.339 e. The lowest BCUT2D eigenvalue weighted by Crippen LogP contribution is -2.52. The molecule has 1 heterocycles. The topological polar surface area (TPSA) is 64.7 Å². The highest BCUT2D eigenvalue weighted by atomic mass is 35.5. The molecule has 6 nitrogen and oxygen atoms in total. The second-order valence-electron chi connectivity index (χ2n) is 6.65. The lowest BCUT2D eigenvalue weighted by atomic mass is 10.3. The molecular formula is C18H28Cl2N4O2. The molecule has 0 atom stereocenters. The monoisotopic (exact) mass is 402 g/mol. The van der Waals surface area contributed by atoms with E-state index < -0.39 is 0 Å². The minimum absolute atomic E-state index is 0. The lowest BCUT2D eigenvalue weighted by molar-refractivity contribution is -0.132. The molecule has 0 aromatic heterocycles. The Balaban J connectivity index is 0.00000169. The van der Waals surface area contributed by atoms with Crippen LogP contribution in [0.25, 0.3) is 0 Å². The molecule has 1 aromatic rings. The first kappa shape index (κ1) is 22.7. The first-order valence-corrected chi connectivity index (χ1v) is 8.76. The van der Waals surface area contributed by atoms with E-state index in [4.69, 9.17) is 0 Å². The summed E-state index contributed by atoms with van der Waals surface area (Å²) in [5.74, 6) is 0.953. The molecular weight excluding hydrogens is 375 g/mol. The third kappa shape index (κ3) is 7.50. The number of hydrogen-bond donors (Lipinski definition) is 2. The van der Waals surface area contributed by atoms with E-state index in [9.17, 15) is 9.59 Å². The van der Waals surface area contributed by atoms with Crippen LogP contribution in [-0.2, 0) is 9.59 Å². The van der Waals surface area contributed by atoms with Crippen molar-refractivity contribution >= 4 is 42.3 Å². The first-order chi connectivity index (χ1) is 11.7. The van der Waals surface area contributed by atoms with Gasteiger partial charge in [0.1, 0.15) is 0 Å². The van der Waals surface area contributed by atoms with Crippen LogP contribution < -0.4 is 10.6 Å². The van der Waals surface area contributed by atoms with Gasteiger partial charge in [-0.15, -0.1) is 24.8 Å². The van der Waals surface area contributed by atoms with E-state index in [2.05, 4.69) is 15.5 Å². The summed E-state index contributed by atoms with van der Waals surface area (Å²) in [6.45, 7) is 4.66. The van der Waals surface area contributed by atoms with E-state index >= 15 is 0 Å². The number of carbonyl (C=O) groups is 2. The molecule has 0 spiro atoms. The van der Waals surface area contributed by atoms with Crippen molar-refractivity contribution in [3.63, 3.8) is 0 Å². The zero-order chi connectivity index (χ0) is 16.8. The molecule has 2 N–H and O–H groups in total. The van der Waals surface area contributed by atoms with Crippen molar-refractivity contribution < 1.29 is 9.59 Å². The van der Waals surface area contributed by atoms with Gasteiger partial charge in [0, 0.05) is 31.9 Å². The second-order valence-corrected chi connectivity index (χ2v) is 6.65. The van der Waals surface area contributed by atoms with Gasteiger partial charge in [0.25, 0.3) is 0 Å². The quantitative estimate of drug-likeness (QED) is 0.726. The molecule has 1 aliphatic heterocycles. The summed E-state index contributed by atoms with van der Waals surface area (Å²) >= 11 is 0. The number of benzene rings is 1. The van der Waals surface area contributed by atoms with Crippen molar-refractivity contribution in [2.75, 3.05) is 51.1 Å². The smallest absolute Gasteiger partial charge is 0.238 e. The van der Waals surface area contributed by atoms with Crippen molar-refractivity contribution in [1.82, 2.24) is 15.1 Å². The largest absolute Gasteiger partial charge is 0.339 e. The van der Waals surface area contributed by atoms with Crippen LogP contribution in [-0.4, -0.2) is 67.4 Å². The molecule has 2 amide bonds. The fourth-order valence-corrected chi connectivity index (χ4v) is 2.90. The molecule has 3 rings (SSSR count). The average Bonchev–Trinajstić information content (AvgIpc) is 3.40. The molecule has 0 radical (unpaired) electrons. The maximum Gasteiger partial charge on any atom is 0.238 e. The van der Waals surface area contributed by atoms with Gasteiger partial charge in [-0.25, -0.2) is 0 Å². The van der Waals surface area contributed by atoms with Crippen molar-refractivity contribution in [2.45, 2.75) is 12.8 Å². The van der Waals surface area contributed by atoms with E-state index in [-0.39, 0.29) is 36.6 Å². The standard InChI is InChI=1S/C18H26N4O2.2ClH/c23-17(20-16-4-2-1-3-5-16)14-21-8-10-22(11-9-21)18(24)13-19-12-15-6-7-15;;/h1-5,15,19H,6-14H2,(H,20,23);2*1H. The fourth-order valence-electron chi connectivity index (χ4n) is 2.90. The number of amides is 2. The second kappa shape index (κ2) is 11.4. The first-order valence-electron chi connectivity index (χ1n) is 8.76. The molecule has 8 heteroatoms. The Hall–Kier alpha value is -1.34. The van der Waals surface area contributed by atoms with Crippen molar-refractivity contribution in [2.24, 2.45) is 5.92 Å². The lowest BCUT2D eigenvalue weighted by Gasteiger charge is -2.34. The Bertz CT molecular complexity index is 562. The van der Waals surface area contributed by atoms with E-state index in [1.807, 2.05) is 35.2 Å². The number of anilines is 1. The Kier molecular flexibility index (Phi) is 9.94. The number of piperazine rings is 1. The molecule has 1 saturated carbocycles. The highest BCUT2D eigenvalue weighted by Crippen LogP contribution is 2.27. The van der Waals surface area contributed by atoms with Gasteiger partial charge in [0.15, 0.2) is 0 Å². The van der Waals surface area contributed by atoms with Gasteiger partial charge >= 0.3 is 0 Å².